The lowest BCUT2D eigenvalue weighted by Gasteiger charge is -2.42. The van der Waals surface area contributed by atoms with Crippen LogP contribution in [0.3, 0.4) is 0 Å². The third kappa shape index (κ3) is 4.24. The average Bonchev–Trinajstić information content (AvgIpc) is 3.10. The Balaban J connectivity index is 1.49. The van der Waals surface area contributed by atoms with Crippen LogP contribution < -0.4 is 10.6 Å². The summed E-state index contributed by atoms with van der Waals surface area (Å²) in [6.45, 7) is 1.09. The van der Waals surface area contributed by atoms with Crippen LogP contribution in [0.2, 0.25) is 10.0 Å². The number of amides is 3. The fraction of sp³-hybridized carbons (Fsp3) is 0.269. The van der Waals surface area contributed by atoms with Gasteiger partial charge in [0, 0.05) is 35.0 Å². The van der Waals surface area contributed by atoms with Crippen molar-refractivity contribution in [1.82, 2.24) is 9.88 Å². The van der Waals surface area contributed by atoms with Crippen LogP contribution in [0.1, 0.15) is 24.0 Å². The number of carbonyl (C=O) groups is 2. The van der Waals surface area contributed by atoms with Gasteiger partial charge >= 0.3 is 6.03 Å². The summed E-state index contributed by atoms with van der Waals surface area (Å²) in [4.78, 5) is 32.6. The summed E-state index contributed by atoms with van der Waals surface area (Å²) < 4.78 is 0. The number of piperidine rings is 1. The first-order chi connectivity index (χ1) is 16.5. The lowest BCUT2D eigenvalue weighted by molar-refractivity contribution is -0.123. The molecule has 3 heterocycles. The molecule has 0 spiro atoms. The van der Waals surface area contributed by atoms with E-state index in [1.54, 1.807) is 35.5 Å². The lowest BCUT2D eigenvalue weighted by atomic mass is 9.65. The topological polar surface area (TPSA) is 74.3 Å². The van der Waals surface area contributed by atoms with Gasteiger partial charge in [-0.1, -0.05) is 41.4 Å². The van der Waals surface area contributed by atoms with E-state index in [-0.39, 0.29) is 17.9 Å². The van der Waals surface area contributed by atoms with Crippen LogP contribution in [-0.2, 0) is 16.6 Å². The number of likely N-dealkylation sites (tertiary alicyclic amines) is 1. The number of pyridine rings is 1. The Morgan fingerprint density at radius 1 is 1.15 bits per heavy atom. The highest BCUT2D eigenvalue weighted by molar-refractivity contribution is 6.31. The summed E-state index contributed by atoms with van der Waals surface area (Å²) in [7, 11) is 0. The molecular weight excluding hydrogens is 471 g/mol. The molecule has 2 aliphatic rings. The van der Waals surface area contributed by atoms with Crippen molar-refractivity contribution in [3.8, 4) is 0 Å². The van der Waals surface area contributed by atoms with Crippen molar-refractivity contribution in [3.05, 3.63) is 88.2 Å². The predicted octanol–water partition coefficient (Wildman–Crippen LogP) is 5.77. The van der Waals surface area contributed by atoms with Gasteiger partial charge in [-0.05, 0) is 72.7 Å². The number of hydrogen-bond donors (Lipinski definition) is 2. The molecule has 1 saturated heterocycles. The summed E-state index contributed by atoms with van der Waals surface area (Å²) in [5, 5.41) is 7.18. The van der Waals surface area contributed by atoms with Crippen LogP contribution in [0, 0.1) is 5.92 Å². The SMILES string of the molecule is O=C(Nc1cccnc1)N1CCCC(C2(Cc3cccc(Cl)c3)C(=O)Nc3cc(Cl)ccc32)C1. The number of aromatic nitrogens is 1. The Morgan fingerprint density at radius 2 is 2.00 bits per heavy atom. The zero-order chi connectivity index (χ0) is 23.7. The van der Waals surface area contributed by atoms with Crippen molar-refractivity contribution < 1.29 is 9.59 Å². The van der Waals surface area contributed by atoms with E-state index in [1.165, 1.54) is 0 Å². The molecule has 5 rings (SSSR count). The third-order valence-corrected chi connectivity index (χ3v) is 7.28. The van der Waals surface area contributed by atoms with Gasteiger partial charge in [0.25, 0.3) is 0 Å². The molecule has 34 heavy (non-hydrogen) atoms. The number of benzene rings is 2. The zero-order valence-corrected chi connectivity index (χ0v) is 19.9. The highest BCUT2D eigenvalue weighted by Gasteiger charge is 2.53. The first-order valence-electron chi connectivity index (χ1n) is 11.3. The summed E-state index contributed by atoms with van der Waals surface area (Å²) in [6, 6.07) is 16.6. The average molecular weight is 495 g/mol. The van der Waals surface area contributed by atoms with Crippen molar-refractivity contribution in [2.45, 2.75) is 24.7 Å². The molecule has 8 heteroatoms. The van der Waals surface area contributed by atoms with Crippen LogP contribution in [0.4, 0.5) is 16.2 Å². The number of halogens is 2. The number of hydrogen-bond acceptors (Lipinski definition) is 3. The van der Waals surface area contributed by atoms with E-state index in [0.717, 1.165) is 29.7 Å². The summed E-state index contributed by atoms with van der Waals surface area (Å²) in [5.74, 6) is -0.147. The second-order valence-electron chi connectivity index (χ2n) is 8.88. The summed E-state index contributed by atoms with van der Waals surface area (Å²) >= 11 is 12.5. The van der Waals surface area contributed by atoms with Gasteiger partial charge < -0.3 is 15.5 Å². The first kappa shape index (κ1) is 22.7. The monoisotopic (exact) mass is 494 g/mol. The molecule has 0 radical (unpaired) electrons. The van der Waals surface area contributed by atoms with E-state index in [9.17, 15) is 9.59 Å². The molecule has 0 bridgehead atoms. The maximum absolute atomic E-state index is 13.7. The van der Waals surface area contributed by atoms with Crippen molar-refractivity contribution in [2.24, 2.45) is 5.92 Å². The molecule has 2 unspecified atom stereocenters. The fourth-order valence-electron chi connectivity index (χ4n) is 5.26. The smallest absolute Gasteiger partial charge is 0.321 e. The fourth-order valence-corrected chi connectivity index (χ4v) is 5.65. The molecule has 1 aromatic heterocycles. The molecular formula is C26H24Cl2N4O2. The number of carbonyl (C=O) groups excluding carboxylic acids is 2. The van der Waals surface area contributed by atoms with E-state index >= 15 is 0 Å². The van der Waals surface area contributed by atoms with Crippen LogP contribution in [0.15, 0.2) is 67.0 Å². The lowest BCUT2D eigenvalue weighted by Crippen LogP contribution is -2.52. The Bertz CT molecular complexity index is 1240. The van der Waals surface area contributed by atoms with Crippen molar-refractivity contribution in [1.29, 1.82) is 0 Å². The van der Waals surface area contributed by atoms with Gasteiger partial charge in [-0.15, -0.1) is 0 Å². The van der Waals surface area contributed by atoms with Crippen LogP contribution in [0.25, 0.3) is 0 Å². The molecule has 2 atom stereocenters. The molecule has 174 valence electrons. The van der Waals surface area contributed by atoms with Gasteiger partial charge in [-0.2, -0.15) is 0 Å². The van der Waals surface area contributed by atoms with Gasteiger partial charge in [0.2, 0.25) is 5.91 Å². The maximum Gasteiger partial charge on any atom is 0.321 e. The Kier molecular flexibility index (Phi) is 6.19. The Labute approximate surface area is 208 Å². The summed E-state index contributed by atoms with van der Waals surface area (Å²) in [6.07, 6.45) is 5.39. The highest BCUT2D eigenvalue weighted by atomic mass is 35.5. The minimum absolute atomic E-state index is 0.0655. The van der Waals surface area contributed by atoms with Crippen molar-refractivity contribution >= 4 is 46.5 Å². The number of urea groups is 1. The normalized spacial score (nSPS) is 21.6. The first-order valence-corrected chi connectivity index (χ1v) is 12.0. The Morgan fingerprint density at radius 3 is 2.79 bits per heavy atom. The molecule has 0 aliphatic carbocycles. The molecule has 2 aliphatic heterocycles. The largest absolute Gasteiger partial charge is 0.325 e. The minimum Gasteiger partial charge on any atom is -0.325 e. The molecule has 2 aromatic carbocycles. The Hall–Kier alpha value is -3.09. The van der Waals surface area contributed by atoms with E-state index in [4.69, 9.17) is 23.2 Å². The van der Waals surface area contributed by atoms with Crippen molar-refractivity contribution in [3.63, 3.8) is 0 Å². The van der Waals surface area contributed by atoms with E-state index in [2.05, 4.69) is 15.6 Å². The zero-order valence-electron chi connectivity index (χ0n) is 18.4. The number of anilines is 2. The van der Waals surface area contributed by atoms with E-state index in [1.807, 2.05) is 36.4 Å². The van der Waals surface area contributed by atoms with E-state index in [0.29, 0.717) is 35.2 Å². The molecule has 6 nitrogen and oxygen atoms in total. The third-order valence-electron chi connectivity index (χ3n) is 6.81. The van der Waals surface area contributed by atoms with Gasteiger partial charge in [-0.25, -0.2) is 4.79 Å². The van der Waals surface area contributed by atoms with E-state index < -0.39 is 5.41 Å². The second-order valence-corrected chi connectivity index (χ2v) is 9.75. The van der Waals surface area contributed by atoms with Gasteiger partial charge in [0.15, 0.2) is 0 Å². The van der Waals surface area contributed by atoms with Crippen LogP contribution in [-0.4, -0.2) is 34.9 Å². The number of fused-ring (bicyclic) bond motifs is 1. The second kappa shape index (κ2) is 9.28. The standard InChI is InChI=1S/C26H24Cl2N4O2/c27-19-6-1-4-17(12-19)14-26(22-9-8-20(28)13-23(22)31-24(26)33)18-5-3-11-32(16-18)25(34)30-21-7-2-10-29-15-21/h1-2,4,6-10,12-13,15,18H,3,5,11,14,16H2,(H,30,34)(H,31,33). The van der Waals surface area contributed by atoms with Crippen LogP contribution >= 0.6 is 23.2 Å². The predicted molar refractivity (Wildman–Crippen MR) is 134 cm³/mol. The number of rotatable bonds is 4. The van der Waals surface area contributed by atoms with Crippen LogP contribution in [0.5, 0.6) is 0 Å². The molecule has 2 N–H and O–H groups in total. The minimum atomic E-state index is -0.835. The quantitative estimate of drug-likeness (QED) is 0.483. The maximum atomic E-state index is 13.7. The molecule has 3 aromatic rings. The van der Waals surface area contributed by atoms with Gasteiger partial charge in [0.1, 0.15) is 0 Å². The summed E-state index contributed by atoms with van der Waals surface area (Å²) in [5.41, 5.74) is 2.43. The van der Waals surface area contributed by atoms with Crippen molar-refractivity contribution in [2.75, 3.05) is 23.7 Å². The molecule has 1 fully saturated rings. The number of nitrogens with zero attached hydrogens (tertiary/aromatic N) is 2. The number of nitrogens with one attached hydrogen (secondary N) is 2. The molecule has 0 saturated carbocycles. The van der Waals surface area contributed by atoms with Gasteiger partial charge in [-0.3, -0.25) is 9.78 Å². The highest BCUT2D eigenvalue weighted by Crippen LogP contribution is 2.49. The molecule has 3 amide bonds. The van der Waals surface area contributed by atoms with Gasteiger partial charge in [0.05, 0.1) is 17.3 Å².